The fraction of sp³-hybridized carbons (Fsp3) is 0.118. The largest absolute Gasteiger partial charge is 0.493 e. The molecule has 0 aliphatic rings. The molecule has 0 amide bonds. The minimum Gasteiger partial charge on any atom is -0.493 e. The third kappa shape index (κ3) is 2.18. The predicted molar refractivity (Wildman–Crippen MR) is 80.1 cm³/mol. The number of hydrogen-bond acceptors (Lipinski definition) is 2. The summed E-state index contributed by atoms with van der Waals surface area (Å²) < 4.78 is 1.58. The van der Waals surface area contributed by atoms with Crippen LogP contribution in [0.2, 0.25) is 0 Å². The molecule has 0 unspecified atom stereocenters. The fourth-order valence-corrected chi connectivity index (χ4v) is 2.30. The van der Waals surface area contributed by atoms with Crippen LogP contribution in [0.5, 0.6) is 5.88 Å². The van der Waals surface area contributed by atoms with Crippen molar-refractivity contribution in [2.45, 2.75) is 13.8 Å². The lowest BCUT2D eigenvalue weighted by Gasteiger charge is -2.06. The first-order valence-electron chi connectivity index (χ1n) is 6.57. The summed E-state index contributed by atoms with van der Waals surface area (Å²) in [5.74, 6) is 0.149. The van der Waals surface area contributed by atoms with Gasteiger partial charge in [0.1, 0.15) is 0 Å². The Morgan fingerprint density at radius 3 is 2.50 bits per heavy atom. The number of para-hydroxylation sites is 1. The van der Waals surface area contributed by atoms with Gasteiger partial charge in [-0.3, -0.25) is 0 Å². The van der Waals surface area contributed by atoms with Gasteiger partial charge in [0.15, 0.2) is 0 Å². The van der Waals surface area contributed by atoms with Gasteiger partial charge in [-0.1, -0.05) is 42.0 Å². The van der Waals surface area contributed by atoms with Crippen molar-refractivity contribution in [3.8, 4) is 22.8 Å². The summed E-state index contributed by atoms with van der Waals surface area (Å²) in [4.78, 5) is 0. The van der Waals surface area contributed by atoms with Crippen molar-refractivity contribution in [3.05, 3.63) is 65.7 Å². The van der Waals surface area contributed by atoms with Gasteiger partial charge in [0, 0.05) is 11.6 Å². The molecule has 3 heteroatoms. The van der Waals surface area contributed by atoms with Gasteiger partial charge >= 0.3 is 0 Å². The molecule has 3 aromatic rings. The number of rotatable bonds is 2. The third-order valence-electron chi connectivity index (χ3n) is 3.35. The second-order valence-electron chi connectivity index (χ2n) is 4.96. The van der Waals surface area contributed by atoms with E-state index in [1.165, 1.54) is 5.56 Å². The Labute approximate surface area is 118 Å². The Morgan fingerprint density at radius 2 is 1.75 bits per heavy atom. The smallest absolute Gasteiger partial charge is 0.214 e. The van der Waals surface area contributed by atoms with Gasteiger partial charge in [0.05, 0.1) is 11.4 Å². The summed E-state index contributed by atoms with van der Waals surface area (Å²) in [6.07, 6.45) is 0. The monoisotopic (exact) mass is 264 g/mol. The van der Waals surface area contributed by atoms with Gasteiger partial charge in [-0.25, -0.2) is 4.68 Å². The molecular formula is C17H16N2O. The Hall–Kier alpha value is -2.55. The minimum absolute atomic E-state index is 0.149. The topological polar surface area (TPSA) is 38.0 Å². The molecule has 0 aliphatic carbocycles. The molecule has 1 aromatic heterocycles. The van der Waals surface area contributed by atoms with E-state index < -0.39 is 0 Å². The first kappa shape index (κ1) is 12.5. The van der Waals surface area contributed by atoms with E-state index in [4.69, 9.17) is 0 Å². The van der Waals surface area contributed by atoms with Crippen molar-refractivity contribution in [1.29, 1.82) is 0 Å². The van der Waals surface area contributed by atoms with Crippen molar-refractivity contribution < 1.29 is 5.11 Å². The molecule has 2 aromatic carbocycles. The first-order chi connectivity index (χ1) is 9.65. The zero-order valence-electron chi connectivity index (χ0n) is 11.5. The van der Waals surface area contributed by atoms with Crippen molar-refractivity contribution in [3.63, 3.8) is 0 Å². The molecule has 100 valence electrons. The normalized spacial score (nSPS) is 10.7. The summed E-state index contributed by atoms with van der Waals surface area (Å²) in [5.41, 5.74) is 4.92. The highest BCUT2D eigenvalue weighted by atomic mass is 16.3. The minimum atomic E-state index is 0.149. The molecule has 0 bridgehead atoms. The van der Waals surface area contributed by atoms with Crippen molar-refractivity contribution in [2.24, 2.45) is 0 Å². The zero-order valence-corrected chi connectivity index (χ0v) is 11.5. The van der Waals surface area contributed by atoms with Crippen LogP contribution in [0.25, 0.3) is 16.9 Å². The lowest BCUT2D eigenvalue weighted by Crippen LogP contribution is -1.98. The standard InChI is InChI=1S/C17H16N2O/c1-12-6-5-8-14(10-12)15-11-17(20)19(18-15)16-9-4-3-7-13(16)2/h3-11,20H,1-2H3. The average Bonchev–Trinajstić information content (AvgIpc) is 2.81. The maximum absolute atomic E-state index is 10.1. The summed E-state index contributed by atoms with van der Waals surface area (Å²) in [6.45, 7) is 4.05. The number of hydrogen-bond donors (Lipinski definition) is 1. The van der Waals surface area contributed by atoms with Crippen molar-refractivity contribution >= 4 is 0 Å². The molecule has 0 saturated carbocycles. The summed E-state index contributed by atoms with van der Waals surface area (Å²) in [7, 11) is 0. The molecule has 0 spiro atoms. The molecule has 1 N–H and O–H groups in total. The summed E-state index contributed by atoms with van der Waals surface area (Å²) >= 11 is 0. The highest BCUT2D eigenvalue weighted by Crippen LogP contribution is 2.26. The average molecular weight is 264 g/mol. The predicted octanol–water partition coefficient (Wildman–Crippen LogP) is 3.86. The quantitative estimate of drug-likeness (QED) is 0.763. The van der Waals surface area contributed by atoms with Gasteiger partial charge in [-0.05, 0) is 31.5 Å². The molecule has 0 atom stereocenters. The number of nitrogens with zero attached hydrogens (tertiary/aromatic N) is 2. The molecule has 20 heavy (non-hydrogen) atoms. The Kier molecular flexibility index (Phi) is 3.03. The van der Waals surface area contributed by atoms with Crippen LogP contribution < -0.4 is 0 Å². The first-order valence-corrected chi connectivity index (χ1v) is 6.57. The molecule has 3 rings (SSSR count). The van der Waals surface area contributed by atoms with Crippen molar-refractivity contribution in [2.75, 3.05) is 0 Å². The van der Waals surface area contributed by atoms with Gasteiger partial charge in [-0.15, -0.1) is 0 Å². The highest BCUT2D eigenvalue weighted by molar-refractivity contribution is 5.62. The number of aromatic nitrogens is 2. The number of benzene rings is 2. The van der Waals surface area contributed by atoms with E-state index in [-0.39, 0.29) is 5.88 Å². The molecule has 0 saturated heterocycles. The van der Waals surface area contributed by atoms with Crippen LogP contribution in [-0.2, 0) is 0 Å². The van der Waals surface area contributed by atoms with Crippen LogP contribution in [0.4, 0.5) is 0 Å². The molecule has 0 radical (unpaired) electrons. The van der Waals surface area contributed by atoms with Gasteiger partial charge < -0.3 is 5.11 Å². The van der Waals surface area contributed by atoms with E-state index in [1.807, 2.05) is 56.3 Å². The van der Waals surface area contributed by atoms with E-state index in [1.54, 1.807) is 10.7 Å². The van der Waals surface area contributed by atoms with E-state index in [0.29, 0.717) is 0 Å². The number of aryl methyl sites for hydroxylation is 2. The fourth-order valence-electron chi connectivity index (χ4n) is 2.30. The molecule has 0 aliphatic heterocycles. The third-order valence-corrected chi connectivity index (χ3v) is 3.35. The number of aromatic hydroxyl groups is 1. The second-order valence-corrected chi connectivity index (χ2v) is 4.96. The van der Waals surface area contributed by atoms with E-state index in [2.05, 4.69) is 11.2 Å². The highest BCUT2D eigenvalue weighted by Gasteiger charge is 2.11. The molecule has 0 fully saturated rings. The molecule has 1 heterocycles. The lowest BCUT2D eigenvalue weighted by molar-refractivity contribution is 0.433. The van der Waals surface area contributed by atoms with Crippen LogP contribution in [0.15, 0.2) is 54.6 Å². The maximum atomic E-state index is 10.1. The Morgan fingerprint density at radius 1 is 0.950 bits per heavy atom. The Balaban J connectivity index is 2.10. The van der Waals surface area contributed by atoms with Crippen molar-refractivity contribution in [1.82, 2.24) is 9.78 Å². The lowest BCUT2D eigenvalue weighted by atomic mass is 10.1. The Bertz CT molecular complexity index is 759. The van der Waals surface area contributed by atoms with Crippen LogP contribution in [0.1, 0.15) is 11.1 Å². The van der Waals surface area contributed by atoms with E-state index in [0.717, 1.165) is 22.5 Å². The van der Waals surface area contributed by atoms with Gasteiger partial charge in [-0.2, -0.15) is 5.10 Å². The second kappa shape index (κ2) is 4.85. The molecule has 3 nitrogen and oxygen atoms in total. The van der Waals surface area contributed by atoms with Gasteiger partial charge in [0.25, 0.3) is 0 Å². The summed E-state index contributed by atoms with van der Waals surface area (Å²) in [6, 6.07) is 17.7. The van der Waals surface area contributed by atoms with Crippen LogP contribution in [0, 0.1) is 13.8 Å². The summed E-state index contributed by atoms with van der Waals surface area (Å²) in [5, 5.41) is 14.7. The van der Waals surface area contributed by atoms with Crippen LogP contribution in [0.3, 0.4) is 0 Å². The maximum Gasteiger partial charge on any atom is 0.214 e. The van der Waals surface area contributed by atoms with Gasteiger partial charge in [0.2, 0.25) is 5.88 Å². The van der Waals surface area contributed by atoms with E-state index >= 15 is 0 Å². The zero-order chi connectivity index (χ0) is 14.1. The molecular weight excluding hydrogens is 248 g/mol. The van der Waals surface area contributed by atoms with Crippen LogP contribution >= 0.6 is 0 Å². The SMILES string of the molecule is Cc1cccc(-c2cc(O)n(-c3ccccc3C)n2)c1. The van der Waals surface area contributed by atoms with E-state index in [9.17, 15) is 5.11 Å². The van der Waals surface area contributed by atoms with Crippen LogP contribution in [-0.4, -0.2) is 14.9 Å².